The summed E-state index contributed by atoms with van der Waals surface area (Å²) in [6.07, 6.45) is 1.77. The quantitative estimate of drug-likeness (QED) is 0.0337. The van der Waals surface area contributed by atoms with Crippen LogP contribution < -0.4 is 29.7 Å². The van der Waals surface area contributed by atoms with Gasteiger partial charge in [0.2, 0.25) is 0 Å². The molecular formula is C59H60F3NO9S2Si2. The minimum atomic E-state index is -6.48. The highest BCUT2D eigenvalue weighted by Crippen LogP contribution is 2.47. The van der Waals surface area contributed by atoms with Crippen molar-refractivity contribution in [1.82, 2.24) is 3.97 Å². The first kappa shape index (κ1) is 55.6. The monoisotopic (exact) mass is 1100 g/mol. The summed E-state index contributed by atoms with van der Waals surface area (Å²) in [6.45, 7) is 12.8. The Morgan fingerprint density at radius 3 is 1.43 bits per heavy atom. The van der Waals surface area contributed by atoms with Crippen LogP contribution in [0.2, 0.25) is 10.1 Å². The van der Waals surface area contributed by atoms with Gasteiger partial charge < -0.3 is 22.6 Å². The van der Waals surface area contributed by atoms with E-state index in [2.05, 4.69) is 0 Å². The van der Waals surface area contributed by atoms with E-state index in [0.717, 1.165) is 36.3 Å². The molecule has 0 saturated carbocycles. The summed E-state index contributed by atoms with van der Waals surface area (Å²) in [5.74, 6) is -2.90. The van der Waals surface area contributed by atoms with E-state index in [9.17, 15) is 26.4 Å². The molecule has 0 aliphatic rings. The van der Waals surface area contributed by atoms with Crippen LogP contribution in [-0.4, -0.2) is 55.8 Å². The molecule has 1 heterocycles. The third kappa shape index (κ3) is 10.7. The van der Waals surface area contributed by atoms with Gasteiger partial charge in [-0.15, -0.1) is 0 Å². The summed E-state index contributed by atoms with van der Waals surface area (Å²) in [7, 11) is -18.2. The van der Waals surface area contributed by atoms with E-state index in [1.54, 1.807) is 49.4 Å². The van der Waals surface area contributed by atoms with Crippen LogP contribution in [0.15, 0.2) is 193 Å². The number of fused-ring (bicyclic) bond motifs is 1. The molecule has 0 radical (unpaired) electrons. The number of alkyl halides is 3. The number of aromatic nitrogens is 1. The molecule has 0 spiro atoms. The van der Waals surface area contributed by atoms with E-state index in [1.165, 1.54) is 18.3 Å². The lowest BCUT2D eigenvalue weighted by Gasteiger charge is -2.43. The Bertz CT molecular complexity index is 3440. The number of carbonyl (C=O) groups excluding carboxylic acids is 1. The number of benzene rings is 7. The van der Waals surface area contributed by atoms with E-state index in [1.807, 2.05) is 163 Å². The third-order valence-electron chi connectivity index (χ3n) is 13.7. The van der Waals surface area contributed by atoms with Crippen molar-refractivity contribution in [2.45, 2.75) is 88.1 Å². The second-order valence-corrected chi connectivity index (χ2v) is 32.7. The molecule has 0 fully saturated rings. The molecule has 1 aromatic heterocycles. The predicted molar refractivity (Wildman–Crippen MR) is 297 cm³/mol. The number of nitrogens with zero attached hydrogens (tertiary/aromatic N) is 1. The molecule has 0 saturated heterocycles. The number of aryl methyl sites for hydroxylation is 1. The van der Waals surface area contributed by atoms with Gasteiger partial charge in [-0.2, -0.15) is 21.6 Å². The second-order valence-electron chi connectivity index (χ2n) is 20.7. The molecule has 8 aromatic rings. The summed E-state index contributed by atoms with van der Waals surface area (Å²) >= 11 is 0. The Balaban J connectivity index is 1.48. The topological polar surface area (TPSA) is 127 Å². The first-order valence-electron chi connectivity index (χ1n) is 24.6. The maximum absolute atomic E-state index is 15.4. The van der Waals surface area contributed by atoms with Crippen molar-refractivity contribution in [2.75, 3.05) is 6.61 Å². The molecule has 0 aliphatic heterocycles. The normalized spacial score (nSPS) is 13.3. The van der Waals surface area contributed by atoms with Gasteiger partial charge in [-0.1, -0.05) is 211 Å². The SMILES string of the molecule is Cc1ccc(S(=O)(=O)n2cc(CO[Si](c3ccccc3)(c3ccccc3)C(C)(C)C)c3c(C(C=O)CO[Si](c4ccccc4)(c4ccccc4)C(C)(C)C)c(OS(=O)(=O)C(F)(F)F)cc(OCc4ccccc4)c32)cc1. The molecule has 1 atom stereocenters. The molecule has 1 unspecified atom stereocenters. The van der Waals surface area contributed by atoms with Gasteiger partial charge in [-0.3, -0.25) is 0 Å². The number of carbonyl (C=O) groups is 1. The number of hydrogen-bond acceptors (Lipinski definition) is 9. The summed E-state index contributed by atoms with van der Waals surface area (Å²) in [6, 6.07) is 53.9. The highest BCUT2D eigenvalue weighted by atomic mass is 32.2. The zero-order valence-electron chi connectivity index (χ0n) is 43.2. The van der Waals surface area contributed by atoms with Gasteiger partial charge in [0, 0.05) is 35.4 Å². The van der Waals surface area contributed by atoms with Crippen LogP contribution in [0.25, 0.3) is 10.9 Å². The Morgan fingerprint density at radius 1 is 0.579 bits per heavy atom. The molecule has 7 aromatic carbocycles. The number of halogens is 3. The van der Waals surface area contributed by atoms with Crippen molar-refractivity contribution in [2.24, 2.45) is 0 Å². The molecular weight excluding hydrogens is 1040 g/mol. The van der Waals surface area contributed by atoms with Crippen LogP contribution >= 0.6 is 0 Å². The Morgan fingerprint density at radius 2 is 1.01 bits per heavy atom. The summed E-state index contributed by atoms with van der Waals surface area (Å²) in [4.78, 5) is 14.1. The van der Waals surface area contributed by atoms with Gasteiger partial charge in [0.25, 0.3) is 26.7 Å². The van der Waals surface area contributed by atoms with Crippen molar-refractivity contribution < 1.29 is 52.6 Å². The molecule has 10 nitrogen and oxygen atoms in total. The highest BCUT2D eigenvalue weighted by molar-refractivity contribution is 7.90. The zero-order valence-corrected chi connectivity index (χ0v) is 46.9. The van der Waals surface area contributed by atoms with Gasteiger partial charge in [0.05, 0.1) is 17.4 Å². The smallest absolute Gasteiger partial charge is 0.487 e. The van der Waals surface area contributed by atoms with E-state index in [4.69, 9.17) is 17.8 Å². The maximum Gasteiger partial charge on any atom is 0.534 e. The zero-order chi connectivity index (χ0) is 54.7. The average Bonchev–Trinajstić information content (AvgIpc) is 3.79. The summed E-state index contributed by atoms with van der Waals surface area (Å²) < 4.78 is 129. The molecule has 8 rings (SSSR count). The predicted octanol–water partition coefficient (Wildman–Crippen LogP) is 10.9. The number of rotatable bonds is 19. The fraction of sp³-hybridized carbons (Fsp3) is 0.237. The van der Waals surface area contributed by atoms with Crippen LogP contribution in [0.5, 0.6) is 11.5 Å². The van der Waals surface area contributed by atoms with Crippen LogP contribution in [0.1, 0.15) is 69.7 Å². The van der Waals surface area contributed by atoms with E-state index >= 15 is 8.42 Å². The van der Waals surface area contributed by atoms with E-state index in [-0.39, 0.29) is 39.3 Å². The fourth-order valence-electron chi connectivity index (χ4n) is 10.1. The van der Waals surface area contributed by atoms with E-state index in [0.29, 0.717) is 11.8 Å². The third-order valence-corrected chi connectivity index (χ3v) is 26.3. The lowest BCUT2D eigenvalue weighted by atomic mass is 9.94. The standard InChI is InChI=1S/C59H60F3NO9S2Si2/c1-43-33-35-47(36-34-43)73(65,66)63-38-45(41-70-75(57(2,3)4,48-25-15-9-16-26-48)49-27-17-10-18-28-49)55-54(52(72-74(67,68)59(60,61)62)37-53(56(55)63)69-40-44-23-13-8-14-24-44)46(39-64)42-71-76(58(5,6)7,50-29-19-11-20-30-50)51-31-21-12-22-32-51/h8-39,46H,40-42H2,1-7H3. The Hall–Kier alpha value is -6.61. The number of aldehydes is 1. The van der Waals surface area contributed by atoms with E-state index < -0.39 is 77.2 Å². The van der Waals surface area contributed by atoms with Crippen LogP contribution in [0.4, 0.5) is 13.2 Å². The van der Waals surface area contributed by atoms with Gasteiger partial charge in [0.15, 0.2) is 5.75 Å². The lowest BCUT2D eigenvalue weighted by molar-refractivity contribution is -0.109. The summed E-state index contributed by atoms with van der Waals surface area (Å²) in [5, 5.41) is 1.93. The maximum atomic E-state index is 15.4. The molecule has 0 N–H and O–H groups in total. The molecule has 17 heteroatoms. The average molecular weight is 1100 g/mol. The first-order valence-corrected chi connectivity index (χ1v) is 31.3. The van der Waals surface area contributed by atoms with Crippen molar-refractivity contribution in [1.29, 1.82) is 0 Å². The number of ether oxygens (including phenoxy) is 1. The largest absolute Gasteiger partial charge is 0.534 e. The van der Waals surface area contributed by atoms with Crippen molar-refractivity contribution >= 4 is 74.7 Å². The fourth-order valence-corrected chi connectivity index (χ4v) is 21.1. The second kappa shape index (κ2) is 21.8. The van der Waals surface area contributed by atoms with Crippen molar-refractivity contribution in [3.63, 3.8) is 0 Å². The Kier molecular flexibility index (Phi) is 15.9. The lowest BCUT2D eigenvalue weighted by Crippen LogP contribution is -2.66. The van der Waals surface area contributed by atoms with Gasteiger partial charge in [-0.25, -0.2) is 12.4 Å². The van der Waals surface area contributed by atoms with Gasteiger partial charge in [0.1, 0.15) is 24.2 Å². The molecule has 0 bridgehead atoms. The van der Waals surface area contributed by atoms with Crippen molar-refractivity contribution in [3.8, 4) is 11.5 Å². The summed E-state index contributed by atoms with van der Waals surface area (Å²) in [5.41, 5.74) is -5.10. The molecule has 0 aliphatic carbocycles. The molecule has 76 heavy (non-hydrogen) atoms. The highest BCUT2D eigenvalue weighted by Gasteiger charge is 2.53. The molecule has 396 valence electrons. The first-order chi connectivity index (χ1) is 36.0. The van der Waals surface area contributed by atoms with Crippen molar-refractivity contribution in [3.05, 3.63) is 210 Å². The van der Waals surface area contributed by atoms with Gasteiger partial charge in [-0.05, 0) is 55.4 Å². The van der Waals surface area contributed by atoms with Gasteiger partial charge >= 0.3 is 15.6 Å². The minimum absolute atomic E-state index is 0.0744. The van der Waals surface area contributed by atoms with Crippen LogP contribution in [0, 0.1) is 6.92 Å². The molecule has 0 amide bonds. The Labute approximate surface area is 445 Å². The number of hydrogen-bond donors (Lipinski definition) is 0. The minimum Gasteiger partial charge on any atom is -0.487 e. The van der Waals surface area contributed by atoms with Crippen LogP contribution in [0.3, 0.4) is 0 Å². The van der Waals surface area contributed by atoms with Crippen LogP contribution in [-0.2, 0) is 47.0 Å².